The van der Waals surface area contributed by atoms with Crippen LogP contribution in [0, 0.1) is 11.7 Å². The minimum atomic E-state index is -0.364. The van der Waals surface area contributed by atoms with Gasteiger partial charge in [0.25, 0.3) is 0 Å². The first kappa shape index (κ1) is 17.9. The molecule has 25 heavy (non-hydrogen) atoms. The second-order valence-electron chi connectivity index (χ2n) is 6.60. The molecular formula is C19H24FN3OS. The predicted octanol–water partition coefficient (Wildman–Crippen LogP) is 4.48. The predicted molar refractivity (Wildman–Crippen MR) is 100 cm³/mol. The number of likely N-dealkylation sites (tertiary alicyclic amines) is 1. The zero-order chi connectivity index (χ0) is 17.6. The number of piperidine rings is 1. The number of nitrogens with zero attached hydrogens (tertiary/aromatic N) is 1. The van der Waals surface area contributed by atoms with Crippen molar-refractivity contribution >= 4 is 23.1 Å². The average molecular weight is 361 g/mol. The van der Waals surface area contributed by atoms with E-state index in [0.717, 1.165) is 19.0 Å². The Balaban J connectivity index is 1.59. The molecule has 0 radical (unpaired) electrons. The highest BCUT2D eigenvalue weighted by molar-refractivity contribution is 7.10. The normalized spacial score (nSPS) is 17.2. The second-order valence-corrected chi connectivity index (χ2v) is 7.57. The summed E-state index contributed by atoms with van der Waals surface area (Å²) in [5.74, 6) is 0.404. The van der Waals surface area contributed by atoms with E-state index in [2.05, 4.69) is 33.9 Å². The summed E-state index contributed by atoms with van der Waals surface area (Å²) in [5.41, 5.74) is 0.456. The van der Waals surface area contributed by atoms with E-state index in [1.165, 1.54) is 29.9 Å². The van der Waals surface area contributed by atoms with Crippen LogP contribution in [0.25, 0.3) is 0 Å². The van der Waals surface area contributed by atoms with E-state index in [-0.39, 0.29) is 17.9 Å². The maximum Gasteiger partial charge on any atom is 0.319 e. The molecular weight excluding hydrogens is 337 g/mol. The minimum absolute atomic E-state index is 0.186. The molecule has 0 aliphatic carbocycles. The lowest BCUT2D eigenvalue weighted by Gasteiger charge is -2.36. The standard InChI is InChI=1S/C19H24FN3OS/c1-14-7-9-23(10-8-14)17(18-6-3-11-25-18)13-21-19(24)22-16-5-2-4-15(20)12-16/h2-6,11-12,14,17H,7-10,13H2,1H3,(H2,21,22,24). The Morgan fingerprint density at radius 1 is 1.32 bits per heavy atom. The highest BCUT2D eigenvalue weighted by atomic mass is 32.1. The van der Waals surface area contributed by atoms with E-state index < -0.39 is 0 Å². The molecule has 3 rings (SSSR count). The van der Waals surface area contributed by atoms with Gasteiger partial charge in [-0.1, -0.05) is 19.1 Å². The molecule has 1 unspecified atom stereocenters. The number of halogens is 1. The van der Waals surface area contributed by atoms with Gasteiger partial charge in [0.15, 0.2) is 0 Å². The fraction of sp³-hybridized carbons (Fsp3) is 0.421. The number of thiophene rings is 1. The van der Waals surface area contributed by atoms with Crippen LogP contribution in [0.1, 0.15) is 30.7 Å². The molecule has 1 aliphatic heterocycles. The minimum Gasteiger partial charge on any atom is -0.336 e. The highest BCUT2D eigenvalue weighted by Crippen LogP contribution is 2.29. The molecule has 0 saturated carbocycles. The molecule has 0 bridgehead atoms. The van der Waals surface area contributed by atoms with Crippen LogP contribution < -0.4 is 10.6 Å². The lowest BCUT2D eigenvalue weighted by molar-refractivity contribution is 0.138. The Bertz CT molecular complexity index is 684. The Morgan fingerprint density at radius 2 is 2.12 bits per heavy atom. The fourth-order valence-electron chi connectivity index (χ4n) is 3.16. The molecule has 1 aromatic heterocycles. The molecule has 0 spiro atoms. The van der Waals surface area contributed by atoms with E-state index in [1.807, 2.05) is 6.07 Å². The number of amides is 2. The van der Waals surface area contributed by atoms with Gasteiger partial charge in [-0.15, -0.1) is 11.3 Å². The van der Waals surface area contributed by atoms with Crippen molar-refractivity contribution in [3.8, 4) is 0 Å². The molecule has 1 aromatic carbocycles. The number of anilines is 1. The van der Waals surface area contributed by atoms with Crippen LogP contribution in [0.5, 0.6) is 0 Å². The summed E-state index contributed by atoms with van der Waals surface area (Å²) in [5, 5.41) is 7.70. The molecule has 6 heteroatoms. The average Bonchev–Trinajstić information content (AvgIpc) is 3.11. The zero-order valence-corrected chi connectivity index (χ0v) is 15.2. The van der Waals surface area contributed by atoms with Crippen LogP contribution in [-0.4, -0.2) is 30.6 Å². The van der Waals surface area contributed by atoms with Crippen LogP contribution in [0.15, 0.2) is 41.8 Å². The molecule has 1 fully saturated rings. The van der Waals surface area contributed by atoms with Crippen LogP contribution in [-0.2, 0) is 0 Å². The summed E-state index contributed by atoms with van der Waals surface area (Å²) in [4.78, 5) is 15.9. The summed E-state index contributed by atoms with van der Waals surface area (Å²) in [7, 11) is 0. The number of carbonyl (C=O) groups is 1. The van der Waals surface area contributed by atoms with Gasteiger partial charge in [-0.25, -0.2) is 9.18 Å². The van der Waals surface area contributed by atoms with Gasteiger partial charge in [-0.05, 0) is 61.5 Å². The number of hydrogen-bond donors (Lipinski definition) is 2. The quantitative estimate of drug-likeness (QED) is 0.824. The third-order valence-corrected chi connectivity index (χ3v) is 5.64. The van der Waals surface area contributed by atoms with Gasteiger partial charge < -0.3 is 10.6 Å². The largest absolute Gasteiger partial charge is 0.336 e. The van der Waals surface area contributed by atoms with Crippen molar-refractivity contribution in [3.05, 3.63) is 52.5 Å². The van der Waals surface area contributed by atoms with Gasteiger partial charge in [0.2, 0.25) is 0 Å². The van der Waals surface area contributed by atoms with Crippen LogP contribution >= 0.6 is 11.3 Å². The molecule has 1 aliphatic rings. The second kappa shape index (κ2) is 8.45. The lowest BCUT2D eigenvalue weighted by atomic mass is 9.97. The van der Waals surface area contributed by atoms with Gasteiger partial charge in [-0.3, -0.25) is 4.90 Å². The Morgan fingerprint density at radius 3 is 2.80 bits per heavy atom. The number of benzene rings is 1. The van der Waals surface area contributed by atoms with Gasteiger partial charge in [0.1, 0.15) is 5.82 Å². The van der Waals surface area contributed by atoms with Crippen molar-refractivity contribution in [1.29, 1.82) is 0 Å². The topological polar surface area (TPSA) is 44.4 Å². The number of rotatable bonds is 5. The number of nitrogens with one attached hydrogen (secondary N) is 2. The molecule has 2 amide bonds. The molecule has 2 heterocycles. The van der Waals surface area contributed by atoms with Crippen LogP contribution in [0.3, 0.4) is 0 Å². The van der Waals surface area contributed by atoms with Crippen molar-refractivity contribution in [3.63, 3.8) is 0 Å². The van der Waals surface area contributed by atoms with Crippen LogP contribution in [0.4, 0.5) is 14.9 Å². The molecule has 2 N–H and O–H groups in total. The monoisotopic (exact) mass is 361 g/mol. The third kappa shape index (κ3) is 5.03. The smallest absolute Gasteiger partial charge is 0.319 e. The lowest BCUT2D eigenvalue weighted by Crippen LogP contribution is -2.42. The maximum atomic E-state index is 13.2. The Labute approximate surface area is 152 Å². The van der Waals surface area contributed by atoms with Gasteiger partial charge in [-0.2, -0.15) is 0 Å². The van der Waals surface area contributed by atoms with Crippen LogP contribution in [0.2, 0.25) is 0 Å². The first-order valence-electron chi connectivity index (χ1n) is 8.69. The summed E-state index contributed by atoms with van der Waals surface area (Å²) in [6.07, 6.45) is 2.38. The third-order valence-electron chi connectivity index (χ3n) is 4.67. The molecule has 1 atom stereocenters. The fourth-order valence-corrected chi connectivity index (χ4v) is 4.02. The van der Waals surface area contributed by atoms with E-state index >= 15 is 0 Å². The summed E-state index contributed by atoms with van der Waals surface area (Å²) in [6.45, 7) is 4.94. The number of urea groups is 1. The first-order valence-corrected chi connectivity index (χ1v) is 9.57. The molecule has 1 saturated heterocycles. The SMILES string of the molecule is CC1CCN(C(CNC(=O)Nc2cccc(F)c2)c2cccs2)CC1. The Kier molecular flexibility index (Phi) is 6.04. The van der Waals surface area contributed by atoms with Crippen molar-refractivity contribution < 1.29 is 9.18 Å². The number of carbonyl (C=O) groups excluding carboxylic acids is 1. The van der Waals surface area contributed by atoms with Crippen molar-refractivity contribution in [2.24, 2.45) is 5.92 Å². The van der Waals surface area contributed by atoms with E-state index in [9.17, 15) is 9.18 Å². The first-order chi connectivity index (χ1) is 12.1. The summed E-state index contributed by atoms with van der Waals surface area (Å²) >= 11 is 1.72. The highest BCUT2D eigenvalue weighted by Gasteiger charge is 2.25. The van der Waals surface area contributed by atoms with E-state index in [1.54, 1.807) is 23.5 Å². The molecule has 134 valence electrons. The van der Waals surface area contributed by atoms with Crippen molar-refractivity contribution in [2.45, 2.75) is 25.8 Å². The zero-order valence-electron chi connectivity index (χ0n) is 14.4. The van der Waals surface area contributed by atoms with E-state index in [4.69, 9.17) is 0 Å². The van der Waals surface area contributed by atoms with Gasteiger partial charge in [0, 0.05) is 17.1 Å². The molecule has 2 aromatic rings. The summed E-state index contributed by atoms with van der Waals surface area (Å²) in [6, 6.07) is 9.96. The van der Waals surface area contributed by atoms with E-state index in [0.29, 0.717) is 12.2 Å². The van der Waals surface area contributed by atoms with Crippen molar-refractivity contribution in [1.82, 2.24) is 10.2 Å². The van der Waals surface area contributed by atoms with Crippen molar-refractivity contribution in [2.75, 3.05) is 25.0 Å². The Hall–Kier alpha value is -1.92. The van der Waals surface area contributed by atoms with Gasteiger partial charge in [0.05, 0.1) is 6.04 Å². The number of hydrogen-bond acceptors (Lipinski definition) is 3. The maximum absolute atomic E-state index is 13.2. The summed E-state index contributed by atoms with van der Waals surface area (Å²) < 4.78 is 13.2. The molecule has 4 nitrogen and oxygen atoms in total. The van der Waals surface area contributed by atoms with Gasteiger partial charge >= 0.3 is 6.03 Å².